The predicted octanol–water partition coefficient (Wildman–Crippen LogP) is 0.0626. The summed E-state index contributed by atoms with van der Waals surface area (Å²) in [6, 6.07) is 0. The fourth-order valence-corrected chi connectivity index (χ4v) is 0.306. The lowest BCUT2D eigenvalue weighted by Crippen LogP contribution is -1.36. The summed E-state index contributed by atoms with van der Waals surface area (Å²) in [5, 5.41) is 0. The summed E-state index contributed by atoms with van der Waals surface area (Å²) >= 11 is 0. The quantitative estimate of drug-likeness (QED) is 0.394. The fraction of sp³-hybridized carbons (Fsp3) is 0. The van der Waals surface area contributed by atoms with Crippen molar-refractivity contribution in [3.05, 3.63) is 11.4 Å². The van der Waals surface area contributed by atoms with Crippen molar-refractivity contribution in [1.29, 1.82) is 0 Å². The van der Waals surface area contributed by atoms with E-state index in [1.54, 1.807) is 11.4 Å². The highest BCUT2D eigenvalue weighted by molar-refractivity contribution is 6.43. The first-order valence-electron chi connectivity index (χ1n) is 1.11. The number of hydrogen-bond donors (Lipinski definition) is 0. The van der Waals surface area contributed by atoms with E-state index in [2.05, 4.69) is 0 Å². The Kier molecular flexibility index (Phi) is 0.190. The van der Waals surface area contributed by atoms with Gasteiger partial charge < -0.3 is 4.46 Å². The van der Waals surface area contributed by atoms with Gasteiger partial charge in [-0.15, -0.1) is 0 Å². The van der Waals surface area contributed by atoms with Crippen LogP contribution in [-0.4, -0.2) is 8.28 Å². The van der Waals surface area contributed by atoms with Crippen molar-refractivity contribution in [3.63, 3.8) is 0 Å². The molecule has 0 amide bonds. The minimum atomic E-state index is -1.13. The Labute approximate surface area is 25.2 Å². The van der Waals surface area contributed by atoms with Gasteiger partial charge in [-0.1, -0.05) is 0 Å². The third-order valence-electron chi connectivity index (χ3n) is 0.303. The molecule has 0 bridgehead atoms. The van der Waals surface area contributed by atoms with Crippen molar-refractivity contribution in [1.82, 2.24) is 0 Å². The SMILES string of the molecule is O=[si]1cc1. The number of rotatable bonds is 0. The zero-order valence-corrected chi connectivity index (χ0v) is 3.06. The molecule has 0 unspecified atom stereocenters. The van der Waals surface area contributed by atoms with Crippen LogP contribution in [0.3, 0.4) is 0 Å². The van der Waals surface area contributed by atoms with Crippen LogP contribution in [0.4, 0.5) is 0 Å². The Morgan fingerprint density at radius 2 is 1.75 bits per heavy atom. The molecule has 1 nitrogen and oxygen atoms in total. The first-order valence-corrected chi connectivity index (χ1v) is 2.68. The first kappa shape index (κ1) is 2.02. The predicted molar refractivity (Wildman–Crippen MR) is 15.3 cm³/mol. The molecule has 0 saturated heterocycles. The Morgan fingerprint density at radius 3 is 1.75 bits per heavy atom. The molecule has 0 aliphatic rings. The lowest BCUT2D eigenvalue weighted by atomic mass is 11.2. The first-order chi connectivity index (χ1) is 1.89. The van der Waals surface area contributed by atoms with E-state index in [0.29, 0.717) is 0 Å². The molecule has 0 N–H and O–H groups in total. The van der Waals surface area contributed by atoms with Crippen LogP contribution in [0.1, 0.15) is 0 Å². The van der Waals surface area contributed by atoms with Crippen molar-refractivity contribution in [2.45, 2.75) is 0 Å². The summed E-state index contributed by atoms with van der Waals surface area (Å²) in [5.74, 6) is 0. The van der Waals surface area contributed by atoms with Crippen LogP contribution in [0, 0.1) is 0 Å². The maximum absolute atomic E-state index is 9.63. The van der Waals surface area contributed by atoms with Crippen LogP contribution < -0.4 is 0 Å². The van der Waals surface area contributed by atoms with Gasteiger partial charge in [-0.3, -0.25) is 0 Å². The number of hydrogen-bond acceptors (Lipinski definition) is 1. The van der Waals surface area contributed by atoms with Crippen LogP contribution in [0.5, 0.6) is 0 Å². The monoisotopic (exact) mass is 70.0 g/mol. The van der Waals surface area contributed by atoms with E-state index in [1.165, 1.54) is 0 Å². The van der Waals surface area contributed by atoms with Gasteiger partial charge in [0.2, 0.25) is 0 Å². The Hall–Kier alpha value is -0.243. The van der Waals surface area contributed by atoms with E-state index >= 15 is 0 Å². The van der Waals surface area contributed by atoms with Gasteiger partial charge in [0.05, 0.1) is 0 Å². The van der Waals surface area contributed by atoms with Gasteiger partial charge in [-0.05, 0) is 11.4 Å². The highest BCUT2D eigenvalue weighted by atomic mass is 28.2. The van der Waals surface area contributed by atoms with Crippen molar-refractivity contribution in [3.8, 4) is 0 Å². The average Bonchev–Trinajstić information content (AvgIpc) is 1.75. The standard InChI is InChI=1S/C2H2OSi/c3-4-1-2-4/h1-2H. The minimum absolute atomic E-state index is 1.13. The second kappa shape index (κ2) is 0.376. The van der Waals surface area contributed by atoms with E-state index in [9.17, 15) is 4.46 Å². The summed E-state index contributed by atoms with van der Waals surface area (Å²) in [4.78, 5) is 0. The second-order valence-corrected chi connectivity index (χ2v) is 2.21. The summed E-state index contributed by atoms with van der Waals surface area (Å²) in [7, 11) is -1.13. The largest absolute Gasteiger partial charge is 0.378 e. The molecule has 20 valence electrons. The molecule has 4 heavy (non-hydrogen) atoms. The van der Waals surface area contributed by atoms with Crippen molar-refractivity contribution in [2.24, 2.45) is 0 Å². The molecule has 0 saturated carbocycles. The van der Waals surface area contributed by atoms with Crippen LogP contribution in [0.25, 0.3) is 0 Å². The van der Waals surface area contributed by atoms with Crippen LogP contribution >= 0.6 is 0 Å². The molecule has 1 rings (SSSR count). The third-order valence-corrected chi connectivity index (χ3v) is 0.908. The molecule has 0 aliphatic carbocycles. The second-order valence-electron chi connectivity index (χ2n) is 0.736. The molecular formula is C2H2OSi. The zero-order chi connectivity index (χ0) is 2.99. The summed E-state index contributed by atoms with van der Waals surface area (Å²) in [5.41, 5.74) is 3.43. The maximum Gasteiger partial charge on any atom is 0.331 e. The Morgan fingerprint density at radius 1 is 1.50 bits per heavy atom. The van der Waals surface area contributed by atoms with Gasteiger partial charge in [-0.25, -0.2) is 0 Å². The molecular weight excluding hydrogens is 68.1 g/mol. The van der Waals surface area contributed by atoms with Crippen molar-refractivity contribution < 1.29 is 4.46 Å². The highest BCUT2D eigenvalue weighted by Crippen LogP contribution is 1.71. The smallest absolute Gasteiger partial charge is 0.331 e. The average molecular weight is 70.1 g/mol. The molecule has 1 aromatic heterocycles. The molecule has 2 heteroatoms. The molecule has 0 radical (unpaired) electrons. The topological polar surface area (TPSA) is 17.1 Å². The van der Waals surface area contributed by atoms with E-state index < -0.39 is 8.28 Å². The highest BCUT2D eigenvalue weighted by Gasteiger charge is 1.83. The Bertz CT molecular complexity index is 94.8. The molecule has 0 spiro atoms. The van der Waals surface area contributed by atoms with Gasteiger partial charge in [0, 0.05) is 0 Å². The van der Waals surface area contributed by atoms with E-state index in [0.717, 1.165) is 0 Å². The van der Waals surface area contributed by atoms with E-state index in [4.69, 9.17) is 0 Å². The van der Waals surface area contributed by atoms with Crippen LogP contribution in [-0.2, 0) is 4.46 Å². The fourth-order valence-electron chi connectivity index (χ4n) is 0.0340. The van der Waals surface area contributed by atoms with Gasteiger partial charge in [0.1, 0.15) is 0 Å². The molecule has 0 fully saturated rings. The summed E-state index contributed by atoms with van der Waals surface area (Å²) < 4.78 is 9.63. The lowest BCUT2D eigenvalue weighted by Gasteiger charge is -1.09. The maximum atomic E-state index is 9.63. The molecule has 1 heterocycles. The van der Waals surface area contributed by atoms with E-state index in [1.807, 2.05) is 0 Å². The normalized spacial score (nSPS) is 9.00. The van der Waals surface area contributed by atoms with Gasteiger partial charge in [-0.2, -0.15) is 0 Å². The van der Waals surface area contributed by atoms with Crippen molar-refractivity contribution >= 4 is 8.28 Å². The third kappa shape index (κ3) is 0.132. The summed E-state index contributed by atoms with van der Waals surface area (Å²) in [6.45, 7) is 0. The van der Waals surface area contributed by atoms with Gasteiger partial charge in [0.15, 0.2) is 0 Å². The lowest BCUT2D eigenvalue weighted by molar-refractivity contribution is 0.582. The van der Waals surface area contributed by atoms with Gasteiger partial charge in [0.25, 0.3) is 0 Å². The molecule has 0 aliphatic heterocycles. The molecule has 1 aromatic rings. The van der Waals surface area contributed by atoms with Crippen LogP contribution in [0.15, 0.2) is 11.4 Å². The summed E-state index contributed by atoms with van der Waals surface area (Å²) in [6.07, 6.45) is 0. The minimum Gasteiger partial charge on any atom is -0.378 e. The molecule has 0 atom stereocenters. The van der Waals surface area contributed by atoms with Crippen LogP contribution in [0.2, 0.25) is 0 Å². The zero-order valence-electron chi connectivity index (χ0n) is 2.06. The Balaban J connectivity index is 3.55. The van der Waals surface area contributed by atoms with Crippen molar-refractivity contribution in [2.75, 3.05) is 0 Å². The van der Waals surface area contributed by atoms with Gasteiger partial charge >= 0.3 is 8.28 Å². The molecule has 0 aromatic carbocycles. The van der Waals surface area contributed by atoms with E-state index in [-0.39, 0.29) is 0 Å².